The smallest absolute Gasteiger partial charge is 0.502 e. The van der Waals surface area contributed by atoms with E-state index in [4.69, 9.17) is 57.6 Å². The zero-order valence-electron chi connectivity index (χ0n) is 21.5. The van der Waals surface area contributed by atoms with Crippen molar-refractivity contribution in [2.24, 2.45) is 0 Å². The Kier molecular flexibility index (Phi) is 67.9. The third-order valence-electron chi connectivity index (χ3n) is 3.12. The standard InChI is InChI=1S/C13H12ClN3O4S.Fe.3NO3.9H2O/c1-6(8-3-4-10(18)9(5-8)17(20)21)12(19)15-13-11(14)7(2)16-22-13;;3*2-1(3)4;;;;;;;;;/h3-6,18H,1-2H3,(H,15,19);;;;;9*1H2/q;+3;3*-1;;;;;;;;;. The van der Waals surface area contributed by atoms with Crippen molar-refractivity contribution in [2.45, 2.75) is 19.8 Å². The van der Waals surface area contributed by atoms with Gasteiger partial charge in [0.1, 0.15) is 5.00 Å². The molecule has 0 bridgehead atoms. The van der Waals surface area contributed by atoms with Crippen LogP contribution in [0.4, 0.5) is 10.7 Å². The van der Waals surface area contributed by atoms with Crippen LogP contribution in [-0.4, -0.2) is 84.9 Å². The summed E-state index contributed by atoms with van der Waals surface area (Å²) in [4.78, 5) is 47.1. The van der Waals surface area contributed by atoms with E-state index in [1.807, 2.05) is 0 Å². The number of carbonyl (C=O) groups is 1. The molecule has 1 atom stereocenters. The third-order valence-corrected chi connectivity index (χ3v) is 4.55. The summed E-state index contributed by atoms with van der Waals surface area (Å²) in [7, 11) is 0. The number of amides is 1. The monoisotopic (exact) mass is 745 g/mol. The molecule has 0 saturated carbocycles. The van der Waals surface area contributed by atoms with Gasteiger partial charge in [-0.05, 0) is 37.0 Å². The van der Waals surface area contributed by atoms with Crippen LogP contribution in [0.15, 0.2) is 18.2 Å². The third kappa shape index (κ3) is 35.6. The first kappa shape index (κ1) is 77.4. The molecule has 1 aromatic carbocycles. The number of nitro benzene ring substituents is 1. The molecule has 0 fully saturated rings. The Balaban J connectivity index is -0.0000000407. The van der Waals surface area contributed by atoms with E-state index in [-0.39, 0.29) is 72.3 Å². The van der Waals surface area contributed by atoms with Crippen LogP contribution < -0.4 is 5.32 Å². The first-order valence-corrected chi connectivity index (χ1v) is 9.00. The maximum Gasteiger partial charge on any atom is 3.00 e. The van der Waals surface area contributed by atoms with Gasteiger partial charge in [0.25, 0.3) is 0 Å². The van der Waals surface area contributed by atoms with Gasteiger partial charge >= 0.3 is 22.8 Å². The Morgan fingerprint density at radius 1 is 0.841 bits per heavy atom. The summed E-state index contributed by atoms with van der Waals surface area (Å²) < 4.78 is 4.02. The molecule has 1 unspecified atom stereocenters. The molecule has 31 heteroatoms. The van der Waals surface area contributed by atoms with Crippen molar-refractivity contribution in [1.29, 1.82) is 0 Å². The number of hydrogen-bond acceptors (Lipinski definition) is 15. The van der Waals surface area contributed by atoms with E-state index >= 15 is 0 Å². The van der Waals surface area contributed by atoms with Crippen molar-refractivity contribution in [3.8, 4) is 5.75 Å². The summed E-state index contributed by atoms with van der Waals surface area (Å²) in [5.41, 5.74) is 0.595. The number of phenols is 1. The summed E-state index contributed by atoms with van der Waals surface area (Å²) >= 11 is 7.07. The van der Waals surface area contributed by atoms with Crippen molar-refractivity contribution in [2.75, 3.05) is 5.32 Å². The van der Waals surface area contributed by atoms with Gasteiger partial charge in [0.05, 0.1) is 36.8 Å². The minimum Gasteiger partial charge on any atom is -0.502 e. The second-order valence-corrected chi connectivity index (χ2v) is 6.45. The maximum absolute atomic E-state index is 12.2. The van der Waals surface area contributed by atoms with E-state index in [9.17, 15) is 20.0 Å². The Morgan fingerprint density at radius 2 is 1.18 bits per heavy atom. The average molecular weight is 746 g/mol. The number of phenolic OH excluding ortho intramolecular Hbond substituents is 1. The SMILES string of the molecule is Cc1nsc(NC(=O)C(C)c2ccc(O)c([N+](=O)[O-])c2)c1Cl.O.O.O.O.O.O.O.O.O.O=[N+]([O-])[O-].O=[N+]([O-])[O-].O=[N+]([O-])[O-].[Fe+3]. The molecule has 0 spiro atoms. The van der Waals surface area contributed by atoms with Crippen LogP contribution in [-0.2, 0) is 21.9 Å². The van der Waals surface area contributed by atoms with E-state index in [1.54, 1.807) is 13.8 Å². The fraction of sp³-hybridized carbons (Fsp3) is 0.231. The van der Waals surface area contributed by atoms with Gasteiger partial charge in [0, 0.05) is 6.07 Å². The van der Waals surface area contributed by atoms with Gasteiger partial charge in [-0.3, -0.25) is 14.9 Å². The molecule has 44 heavy (non-hydrogen) atoms. The van der Waals surface area contributed by atoms with Gasteiger partial charge in [-0.15, -0.1) is 0 Å². The molecule has 28 nitrogen and oxygen atoms in total. The first-order chi connectivity index (χ1) is 15.5. The molecule has 1 heterocycles. The zero-order chi connectivity index (χ0) is 27.2. The van der Waals surface area contributed by atoms with E-state index < -0.39 is 37.5 Å². The van der Waals surface area contributed by atoms with Crippen molar-refractivity contribution >= 4 is 39.7 Å². The fourth-order valence-corrected chi connectivity index (χ4v) is 2.70. The molecule has 20 N–H and O–H groups in total. The van der Waals surface area contributed by atoms with Crippen LogP contribution in [0, 0.1) is 63.0 Å². The number of halogens is 1. The number of rotatable bonds is 4. The number of benzene rings is 1. The van der Waals surface area contributed by atoms with Crippen LogP contribution in [0.3, 0.4) is 0 Å². The quantitative estimate of drug-likeness (QED) is 0.169. The predicted octanol–water partition coefficient (Wildman–Crippen LogP) is -4.68. The molecular weight excluding hydrogens is 716 g/mol. The summed E-state index contributed by atoms with van der Waals surface area (Å²) in [6.45, 7) is 3.33. The summed E-state index contributed by atoms with van der Waals surface area (Å²) in [5.74, 6) is -1.47. The van der Waals surface area contributed by atoms with Gasteiger partial charge in [0.2, 0.25) is 5.91 Å². The molecular formula is C13H30ClFeN6O22S. The first-order valence-electron chi connectivity index (χ1n) is 7.85. The molecule has 0 aliphatic carbocycles. The van der Waals surface area contributed by atoms with Gasteiger partial charge in [0.15, 0.2) is 5.75 Å². The maximum atomic E-state index is 12.2. The molecule has 2 rings (SSSR count). The van der Waals surface area contributed by atoms with Gasteiger partial charge in [-0.1, -0.05) is 17.7 Å². The van der Waals surface area contributed by atoms with Crippen LogP contribution in [0.5, 0.6) is 5.75 Å². The largest absolute Gasteiger partial charge is 3.00 e. The Bertz CT molecular complexity index is 1010. The summed E-state index contributed by atoms with van der Waals surface area (Å²) in [6, 6.07) is 3.84. The number of nitrogens with zero attached hydrogens (tertiary/aromatic N) is 5. The number of nitro groups is 1. The normalized spacial score (nSPS) is 7.61. The van der Waals surface area contributed by atoms with Crippen LogP contribution in [0.25, 0.3) is 0 Å². The zero-order valence-corrected chi connectivity index (χ0v) is 24.2. The Morgan fingerprint density at radius 3 is 1.45 bits per heavy atom. The van der Waals surface area contributed by atoms with E-state index in [1.165, 1.54) is 18.2 Å². The minimum atomic E-state index is -1.75. The van der Waals surface area contributed by atoms with E-state index in [0.717, 1.165) is 11.5 Å². The molecule has 2 aromatic rings. The van der Waals surface area contributed by atoms with Crippen molar-refractivity contribution in [1.82, 2.24) is 4.37 Å². The molecule has 1 amide bonds. The number of hydrogen-bond donors (Lipinski definition) is 2. The number of anilines is 1. The summed E-state index contributed by atoms with van der Waals surface area (Å²) in [5, 5.41) is 68.0. The second-order valence-electron chi connectivity index (χ2n) is 5.30. The molecule has 1 radical (unpaired) electrons. The molecule has 265 valence electrons. The average Bonchev–Trinajstić information content (AvgIpc) is 2.98. The number of aromatic hydroxyl groups is 1. The summed E-state index contributed by atoms with van der Waals surface area (Å²) in [6.07, 6.45) is 0. The molecule has 0 saturated heterocycles. The van der Waals surface area contributed by atoms with E-state index in [0.29, 0.717) is 21.3 Å². The van der Waals surface area contributed by atoms with Crippen LogP contribution in [0.2, 0.25) is 5.02 Å². The molecule has 1 aromatic heterocycles. The van der Waals surface area contributed by atoms with E-state index in [2.05, 4.69) is 9.69 Å². The van der Waals surface area contributed by atoms with Crippen LogP contribution >= 0.6 is 23.1 Å². The number of aromatic nitrogens is 1. The topological polar surface area (TPSA) is 587 Å². The minimum absolute atomic E-state index is 0. The van der Waals surface area contributed by atoms with Gasteiger partial charge in [-0.2, -0.15) is 4.37 Å². The Hall–Kier alpha value is -4.43. The van der Waals surface area contributed by atoms with Gasteiger partial charge < -0.3 is 106 Å². The number of aryl methyl sites for hydroxylation is 1. The molecule has 0 aliphatic rings. The Labute approximate surface area is 262 Å². The second kappa shape index (κ2) is 38.6. The van der Waals surface area contributed by atoms with Crippen molar-refractivity contribution in [3.05, 3.63) is 90.6 Å². The number of carbonyl (C=O) groups excluding carboxylic acids is 1. The fourth-order valence-electron chi connectivity index (χ4n) is 1.76. The van der Waals surface area contributed by atoms with Crippen LogP contribution in [0.1, 0.15) is 24.1 Å². The molecule has 0 aliphatic heterocycles. The van der Waals surface area contributed by atoms with Crippen molar-refractivity contribution < 1.29 is 96.4 Å². The van der Waals surface area contributed by atoms with Gasteiger partial charge in [-0.25, -0.2) is 0 Å². The van der Waals surface area contributed by atoms with Crippen molar-refractivity contribution in [3.63, 3.8) is 0 Å². The predicted molar refractivity (Wildman–Crippen MR) is 147 cm³/mol. The number of nitrogens with one attached hydrogen (secondary N) is 1.